The van der Waals surface area contributed by atoms with Crippen LogP contribution in [0.3, 0.4) is 0 Å². The fourth-order valence-electron chi connectivity index (χ4n) is 3.76. The third kappa shape index (κ3) is 2.56. The molecule has 0 saturated heterocycles. The summed E-state index contributed by atoms with van der Waals surface area (Å²) in [6, 6.07) is 26.2. The number of carbonyl (C=O) groups is 1. The zero-order valence-electron chi connectivity index (χ0n) is 14.6. The minimum atomic E-state index is -0.339. The van der Waals surface area contributed by atoms with Crippen molar-refractivity contribution in [2.75, 3.05) is 0 Å². The van der Waals surface area contributed by atoms with E-state index < -0.39 is 0 Å². The Hall–Kier alpha value is -3.59. The second-order valence-electron chi connectivity index (χ2n) is 6.61. The van der Waals surface area contributed by atoms with E-state index in [0.717, 1.165) is 32.5 Å². The number of hydrogen-bond acceptors (Lipinski definition) is 2. The summed E-state index contributed by atoms with van der Waals surface area (Å²) in [7, 11) is 0. The molecule has 1 heterocycles. The molecule has 0 radical (unpaired) electrons. The van der Waals surface area contributed by atoms with Gasteiger partial charge in [-0.05, 0) is 27.1 Å². The Bertz CT molecular complexity index is 1290. The first-order chi connectivity index (χ1) is 13.3. The molecule has 1 N–H and O–H groups in total. The molecule has 1 aromatic heterocycles. The number of benzene rings is 4. The van der Waals surface area contributed by atoms with Gasteiger partial charge in [0.2, 0.25) is 0 Å². The van der Waals surface area contributed by atoms with Crippen LogP contribution >= 0.6 is 0 Å². The Morgan fingerprint density at radius 1 is 0.704 bits per heavy atom. The number of rotatable bonds is 3. The molecular formula is C24H17NO2. The van der Waals surface area contributed by atoms with Crippen LogP contribution in [0.25, 0.3) is 32.3 Å². The molecule has 0 fully saturated rings. The molecule has 0 aliphatic rings. The van der Waals surface area contributed by atoms with E-state index in [4.69, 9.17) is 4.74 Å². The average molecular weight is 351 g/mol. The van der Waals surface area contributed by atoms with Crippen molar-refractivity contribution < 1.29 is 9.53 Å². The van der Waals surface area contributed by atoms with E-state index in [1.165, 1.54) is 5.39 Å². The maximum Gasteiger partial charge on any atom is 0.355 e. The Labute approximate surface area is 156 Å². The number of aromatic nitrogens is 1. The minimum absolute atomic E-state index is 0.256. The highest BCUT2D eigenvalue weighted by Crippen LogP contribution is 2.36. The van der Waals surface area contributed by atoms with Gasteiger partial charge in [-0.15, -0.1) is 0 Å². The van der Waals surface area contributed by atoms with Crippen LogP contribution < -0.4 is 0 Å². The average Bonchev–Trinajstić information content (AvgIpc) is 3.19. The van der Waals surface area contributed by atoms with Crippen molar-refractivity contribution >= 4 is 38.3 Å². The highest BCUT2D eigenvalue weighted by molar-refractivity contribution is 6.28. The summed E-state index contributed by atoms with van der Waals surface area (Å²) < 4.78 is 5.57. The number of esters is 1. The molecule has 0 aliphatic heterocycles. The van der Waals surface area contributed by atoms with Crippen LogP contribution in [0.5, 0.6) is 0 Å². The lowest BCUT2D eigenvalue weighted by Gasteiger charge is -2.09. The van der Waals surface area contributed by atoms with Gasteiger partial charge < -0.3 is 9.72 Å². The van der Waals surface area contributed by atoms with Gasteiger partial charge in [-0.25, -0.2) is 4.79 Å². The molecule has 3 nitrogen and oxygen atoms in total. The van der Waals surface area contributed by atoms with E-state index in [0.29, 0.717) is 5.69 Å². The first kappa shape index (κ1) is 15.6. The van der Waals surface area contributed by atoms with E-state index in [2.05, 4.69) is 29.2 Å². The Kier molecular flexibility index (Phi) is 3.65. The number of aromatic amines is 1. The number of nitrogens with one attached hydrogen (secondary N) is 1. The molecule has 0 saturated carbocycles. The van der Waals surface area contributed by atoms with Crippen molar-refractivity contribution in [3.63, 3.8) is 0 Å². The lowest BCUT2D eigenvalue weighted by Crippen LogP contribution is -2.06. The number of H-pyrrole nitrogens is 1. The molecular weight excluding hydrogens is 334 g/mol. The predicted octanol–water partition coefficient (Wildman–Crippen LogP) is 5.83. The zero-order valence-corrected chi connectivity index (χ0v) is 14.6. The van der Waals surface area contributed by atoms with Crippen LogP contribution in [-0.2, 0) is 11.3 Å². The Morgan fingerprint density at radius 2 is 1.26 bits per heavy atom. The summed E-state index contributed by atoms with van der Waals surface area (Å²) in [6.45, 7) is 0.256. The summed E-state index contributed by atoms with van der Waals surface area (Å²) in [4.78, 5) is 16.0. The van der Waals surface area contributed by atoms with Crippen LogP contribution in [-0.4, -0.2) is 11.0 Å². The van der Waals surface area contributed by atoms with Gasteiger partial charge in [-0.2, -0.15) is 0 Å². The van der Waals surface area contributed by atoms with Gasteiger partial charge >= 0.3 is 5.97 Å². The molecule has 0 spiro atoms. The quantitative estimate of drug-likeness (QED) is 0.328. The number of carbonyl (C=O) groups excluding carboxylic acids is 1. The predicted molar refractivity (Wildman–Crippen MR) is 109 cm³/mol. The van der Waals surface area contributed by atoms with Crippen LogP contribution in [0.4, 0.5) is 0 Å². The molecule has 0 unspecified atom stereocenters. The molecule has 0 bridgehead atoms. The molecule has 5 rings (SSSR count). The lowest BCUT2D eigenvalue weighted by molar-refractivity contribution is 0.0469. The fraction of sp³-hybridized carbons (Fsp3) is 0.0417. The van der Waals surface area contributed by atoms with Gasteiger partial charge in [0.25, 0.3) is 0 Å². The van der Waals surface area contributed by atoms with E-state index in [9.17, 15) is 4.79 Å². The van der Waals surface area contributed by atoms with E-state index in [1.54, 1.807) is 0 Å². The van der Waals surface area contributed by atoms with Gasteiger partial charge in [0.05, 0.1) is 0 Å². The number of ether oxygens (including phenoxy) is 1. The standard InChI is InChI=1S/C24H17NO2/c26-24(27-15-16-8-2-1-3-9-16)23-22-20-13-7-6-11-18(20)17-10-4-5-12-19(17)21(22)14-25-23/h1-14,25H,15H2. The molecule has 4 aromatic carbocycles. The largest absolute Gasteiger partial charge is 0.456 e. The summed E-state index contributed by atoms with van der Waals surface area (Å²) in [6.07, 6.45) is 1.91. The van der Waals surface area contributed by atoms with Crippen LogP contribution in [0.15, 0.2) is 85.1 Å². The Balaban J connectivity index is 1.67. The third-order valence-corrected chi connectivity index (χ3v) is 5.00. The van der Waals surface area contributed by atoms with Gasteiger partial charge in [0, 0.05) is 17.0 Å². The van der Waals surface area contributed by atoms with E-state index >= 15 is 0 Å². The molecule has 0 atom stereocenters. The number of fused-ring (bicyclic) bond motifs is 6. The summed E-state index contributed by atoms with van der Waals surface area (Å²) in [5.74, 6) is -0.339. The third-order valence-electron chi connectivity index (χ3n) is 5.00. The van der Waals surface area contributed by atoms with Crippen molar-refractivity contribution in [3.8, 4) is 0 Å². The van der Waals surface area contributed by atoms with E-state index in [1.807, 2.05) is 60.8 Å². The number of hydrogen-bond donors (Lipinski definition) is 1. The second kappa shape index (κ2) is 6.29. The highest BCUT2D eigenvalue weighted by Gasteiger charge is 2.18. The first-order valence-corrected chi connectivity index (χ1v) is 8.94. The molecule has 130 valence electrons. The molecule has 0 aliphatic carbocycles. The van der Waals surface area contributed by atoms with Gasteiger partial charge in [-0.1, -0.05) is 78.9 Å². The minimum Gasteiger partial charge on any atom is -0.456 e. The molecule has 5 aromatic rings. The molecule has 3 heteroatoms. The topological polar surface area (TPSA) is 42.1 Å². The smallest absolute Gasteiger partial charge is 0.355 e. The van der Waals surface area contributed by atoms with Gasteiger partial charge in [0.15, 0.2) is 0 Å². The molecule has 0 amide bonds. The lowest BCUT2D eigenvalue weighted by atomic mass is 9.96. The van der Waals surface area contributed by atoms with Crippen molar-refractivity contribution in [3.05, 3.63) is 96.3 Å². The highest BCUT2D eigenvalue weighted by atomic mass is 16.5. The monoisotopic (exact) mass is 351 g/mol. The van der Waals surface area contributed by atoms with Crippen molar-refractivity contribution in [1.29, 1.82) is 0 Å². The maximum absolute atomic E-state index is 12.8. The zero-order chi connectivity index (χ0) is 18.2. The van der Waals surface area contributed by atoms with Crippen LogP contribution in [0.2, 0.25) is 0 Å². The second-order valence-corrected chi connectivity index (χ2v) is 6.61. The van der Waals surface area contributed by atoms with Crippen molar-refractivity contribution in [1.82, 2.24) is 4.98 Å². The first-order valence-electron chi connectivity index (χ1n) is 8.94. The van der Waals surface area contributed by atoms with Gasteiger partial charge in [0.1, 0.15) is 12.3 Å². The SMILES string of the molecule is O=C(OCc1ccccc1)c1[nH]cc2c3ccccc3c3ccccc3c12. The normalized spacial score (nSPS) is 11.3. The van der Waals surface area contributed by atoms with Gasteiger partial charge in [-0.3, -0.25) is 0 Å². The van der Waals surface area contributed by atoms with Crippen LogP contribution in [0, 0.1) is 0 Å². The summed E-state index contributed by atoms with van der Waals surface area (Å²) in [5.41, 5.74) is 1.47. The summed E-state index contributed by atoms with van der Waals surface area (Å²) >= 11 is 0. The fourth-order valence-corrected chi connectivity index (χ4v) is 3.76. The van der Waals surface area contributed by atoms with Crippen molar-refractivity contribution in [2.45, 2.75) is 6.61 Å². The van der Waals surface area contributed by atoms with Crippen LogP contribution in [0.1, 0.15) is 16.1 Å². The van der Waals surface area contributed by atoms with Crippen molar-refractivity contribution in [2.24, 2.45) is 0 Å². The Morgan fingerprint density at radius 3 is 1.96 bits per heavy atom. The van der Waals surface area contributed by atoms with E-state index in [-0.39, 0.29) is 12.6 Å². The summed E-state index contributed by atoms with van der Waals surface area (Å²) in [5, 5.41) is 6.46. The molecule has 27 heavy (non-hydrogen) atoms. The maximum atomic E-state index is 12.8.